The molecule has 0 radical (unpaired) electrons. The van der Waals surface area contributed by atoms with Gasteiger partial charge in [0.2, 0.25) is 0 Å². The van der Waals surface area contributed by atoms with Gasteiger partial charge in [0.25, 0.3) is 0 Å². The first-order valence-corrected chi connectivity index (χ1v) is 12.7. The quantitative estimate of drug-likeness (QED) is 0.258. The summed E-state index contributed by atoms with van der Waals surface area (Å²) in [6, 6.07) is 10.2. The number of hydrogen-bond donors (Lipinski definition) is 1. The molecule has 1 N–H and O–H groups in total. The van der Waals surface area contributed by atoms with E-state index in [1.165, 1.54) is 32.1 Å². The highest BCUT2D eigenvalue weighted by Crippen LogP contribution is 2.26. The van der Waals surface area contributed by atoms with E-state index in [0.29, 0.717) is 26.1 Å². The molecule has 0 aliphatic heterocycles. The molecule has 0 amide bonds. The van der Waals surface area contributed by atoms with Crippen molar-refractivity contribution in [3.63, 3.8) is 0 Å². The Labute approximate surface area is 201 Å². The summed E-state index contributed by atoms with van der Waals surface area (Å²) >= 11 is 0. The molecule has 0 bridgehead atoms. The second-order valence-electron chi connectivity index (χ2n) is 8.88. The van der Waals surface area contributed by atoms with Crippen molar-refractivity contribution in [2.75, 3.05) is 13.2 Å². The van der Waals surface area contributed by atoms with E-state index in [1.54, 1.807) is 0 Å². The normalized spacial score (nSPS) is 19.4. The van der Waals surface area contributed by atoms with Gasteiger partial charge in [0.15, 0.2) is 0 Å². The molecule has 0 saturated heterocycles. The van der Waals surface area contributed by atoms with Crippen molar-refractivity contribution >= 4 is 0 Å². The lowest BCUT2D eigenvalue weighted by Gasteiger charge is -2.24. The van der Waals surface area contributed by atoms with Crippen LogP contribution in [0.1, 0.15) is 83.1 Å². The van der Waals surface area contributed by atoms with Gasteiger partial charge in [-0.15, -0.1) is 24.2 Å². The van der Waals surface area contributed by atoms with Gasteiger partial charge in [-0.2, -0.15) is 0 Å². The van der Waals surface area contributed by atoms with Crippen LogP contribution in [0.2, 0.25) is 0 Å². The molecule has 182 valence electrons. The van der Waals surface area contributed by atoms with Gasteiger partial charge in [-0.3, -0.25) is 0 Å². The molecule has 1 aliphatic carbocycles. The molecule has 0 unspecified atom stereocenters. The fraction of sp³-hybridized carbons (Fsp3) is 0.655. The molecule has 1 aromatic carbocycles. The SMILES string of the molecule is C#CC[C@@H](O)CO[C@@H]1CCC[C@@H]1OC[C@@H](CC#CCCCCCCC)OCc1ccccc1. The lowest BCUT2D eigenvalue weighted by atomic mass is 10.1. The van der Waals surface area contributed by atoms with Crippen LogP contribution in [-0.4, -0.2) is 42.7 Å². The summed E-state index contributed by atoms with van der Waals surface area (Å²) in [5.74, 6) is 9.11. The van der Waals surface area contributed by atoms with Gasteiger partial charge in [-0.05, 0) is 31.2 Å². The number of unbranched alkanes of at least 4 members (excludes halogenated alkanes) is 5. The van der Waals surface area contributed by atoms with Crippen molar-refractivity contribution in [2.24, 2.45) is 0 Å². The summed E-state index contributed by atoms with van der Waals surface area (Å²) in [5, 5.41) is 9.85. The second-order valence-corrected chi connectivity index (χ2v) is 8.88. The summed E-state index contributed by atoms with van der Waals surface area (Å²) in [5.41, 5.74) is 1.15. The molecule has 1 aliphatic rings. The molecule has 1 saturated carbocycles. The Bertz CT molecular complexity index is 715. The Morgan fingerprint density at radius 1 is 0.970 bits per heavy atom. The van der Waals surface area contributed by atoms with Crippen molar-refractivity contribution < 1.29 is 19.3 Å². The molecule has 0 aromatic heterocycles. The third-order valence-electron chi connectivity index (χ3n) is 5.93. The van der Waals surface area contributed by atoms with Crippen LogP contribution >= 0.6 is 0 Å². The fourth-order valence-corrected chi connectivity index (χ4v) is 3.98. The van der Waals surface area contributed by atoms with Crippen LogP contribution < -0.4 is 0 Å². The van der Waals surface area contributed by atoms with E-state index >= 15 is 0 Å². The van der Waals surface area contributed by atoms with E-state index in [4.69, 9.17) is 20.6 Å². The van der Waals surface area contributed by atoms with E-state index in [0.717, 1.165) is 31.2 Å². The Morgan fingerprint density at radius 2 is 1.70 bits per heavy atom. The molecule has 1 fully saturated rings. The van der Waals surface area contributed by atoms with Crippen LogP contribution in [0.3, 0.4) is 0 Å². The smallest absolute Gasteiger partial charge is 0.0922 e. The number of ether oxygens (including phenoxy) is 3. The Hall–Kier alpha value is -1.82. The van der Waals surface area contributed by atoms with E-state index in [-0.39, 0.29) is 24.9 Å². The van der Waals surface area contributed by atoms with Crippen molar-refractivity contribution in [3.05, 3.63) is 35.9 Å². The maximum Gasteiger partial charge on any atom is 0.0922 e. The largest absolute Gasteiger partial charge is 0.390 e. The molecule has 1 aromatic rings. The van der Waals surface area contributed by atoms with Gasteiger partial charge in [-0.25, -0.2) is 0 Å². The predicted octanol–water partition coefficient (Wildman–Crippen LogP) is 5.66. The number of benzene rings is 1. The molecule has 4 atom stereocenters. The van der Waals surface area contributed by atoms with Crippen molar-refractivity contribution in [1.29, 1.82) is 0 Å². The van der Waals surface area contributed by atoms with Gasteiger partial charge in [0.1, 0.15) is 0 Å². The predicted molar refractivity (Wildman–Crippen MR) is 134 cm³/mol. The number of aliphatic hydroxyl groups excluding tert-OH is 1. The number of rotatable bonds is 16. The zero-order valence-corrected chi connectivity index (χ0v) is 20.3. The standard InChI is InChI=1S/C29H42O4/c1-3-5-6-7-8-9-10-14-19-27(31-22-25-17-12-11-13-18-25)24-33-29-21-15-20-28(29)32-23-26(30)16-4-2/h2,11-13,17-18,26-30H,3,5-9,15-16,19-24H2,1H3/t26-,27-,28-,29+/m1/s1. The number of hydrogen-bond acceptors (Lipinski definition) is 4. The van der Waals surface area contributed by atoms with E-state index < -0.39 is 6.10 Å². The zero-order chi connectivity index (χ0) is 23.6. The van der Waals surface area contributed by atoms with Crippen molar-refractivity contribution in [1.82, 2.24) is 0 Å². The van der Waals surface area contributed by atoms with Gasteiger partial charge in [0, 0.05) is 19.3 Å². The maximum absolute atomic E-state index is 9.85. The minimum Gasteiger partial charge on any atom is -0.390 e. The third-order valence-corrected chi connectivity index (χ3v) is 5.93. The first-order chi connectivity index (χ1) is 16.2. The average molecular weight is 455 g/mol. The van der Waals surface area contributed by atoms with Crippen LogP contribution in [0.4, 0.5) is 0 Å². The second kappa shape index (κ2) is 17.6. The monoisotopic (exact) mass is 454 g/mol. The van der Waals surface area contributed by atoms with Crippen LogP contribution in [0.5, 0.6) is 0 Å². The van der Waals surface area contributed by atoms with Gasteiger partial charge >= 0.3 is 0 Å². The Balaban J connectivity index is 1.80. The fourth-order valence-electron chi connectivity index (χ4n) is 3.98. The minimum atomic E-state index is -0.615. The van der Waals surface area contributed by atoms with E-state index in [2.05, 4.69) is 36.8 Å². The zero-order valence-electron chi connectivity index (χ0n) is 20.3. The average Bonchev–Trinajstić information content (AvgIpc) is 3.29. The highest BCUT2D eigenvalue weighted by Gasteiger charge is 2.30. The van der Waals surface area contributed by atoms with Crippen LogP contribution in [0, 0.1) is 24.2 Å². The molecule has 0 heterocycles. The maximum atomic E-state index is 9.85. The number of terminal acetylenes is 1. The highest BCUT2D eigenvalue weighted by molar-refractivity contribution is 5.13. The number of aliphatic hydroxyl groups is 1. The van der Waals surface area contributed by atoms with E-state index in [9.17, 15) is 5.11 Å². The molecule has 2 rings (SSSR count). The topological polar surface area (TPSA) is 47.9 Å². The summed E-state index contributed by atoms with van der Waals surface area (Å²) in [6.45, 7) is 3.54. The van der Waals surface area contributed by atoms with Gasteiger partial charge < -0.3 is 19.3 Å². The summed E-state index contributed by atoms with van der Waals surface area (Å²) in [4.78, 5) is 0. The summed E-state index contributed by atoms with van der Waals surface area (Å²) in [6.07, 6.45) is 15.8. The molecule has 4 heteroatoms. The molecule has 0 spiro atoms. The van der Waals surface area contributed by atoms with Crippen LogP contribution in [-0.2, 0) is 20.8 Å². The summed E-state index contributed by atoms with van der Waals surface area (Å²) < 4.78 is 18.3. The minimum absolute atomic E-state index is 0.00130. The Morgan fingerprint density at radius 3 is 2.42 bits per heavy atom. The lowest BCUT2D eigenvalue weighted by molar-refractivity contribution is -0.102. The lowest BCUT2D eigenvalue weighted by Crippen LogP contribution is -2.32. The first-order valence-electron chi connectivity index (χ1n) is 12.7. The molecule has 33 heavy (non-hydrogen) atoms. The molecular weight excluding hydrogens is 412 g/mol. The van der Waals surface area contributed by atoms with Crippen LogP contribution in [0.15, 0.2) is 30.3 Å². The van der Waals surface area contributed by atoms with E-state index in [1.807, 2.05) is 18.2 Å². The van der Waals surface area contributed by atoms with Gasteiger partial charge in [-0.1, -0.05) is 62.9 Å². The van der Waals surface area contributed by atoms with Crippen molar-refractivity contribution in [2.45, 2.75) is 109 Å². The third kappa shape index (κ3) is 12.3. The molecular formula is C29H42O4. The highest BCUT2D eigenvalue weighted by atomic mass is 16.6. The first kappa shape index (κ1) is 27.4. The molecule has 4 nitrogen and oxygen atoms in total. The van der Waals surface area contributed by atoms with Crippen molar-refractivity contribution in [3.8, 4) is 24.2 Å². The summed E-state index contributed by atoms with van der Waals surface area (Å²) in [7, 11) is 0. The van der Waals surface area contributed by atoms with Crippen LogP contribution in [0.25, 0.3) is 0 Å². The van der Waals surface area contributed by atoms with Gasteiger partial charge in [0.05, 0.1) is 44.2 Å². The Kier molecular flexibility index (Phi) is 14.7.